The lowest BCUT2D eigenvalue weighted by molar-refractivity contribution is 0.0946. The molecule has 0 aliphatic carbocycles. The fourth-order valence-corrected chi connectivity index (χ4v) is 1.50. The highest BCUT2D eigenvalue weighted by Crippen LogP contribution is 2.04. The van der Waals surface area contributed by atoms with Gasteiger partial charge in [-0.15, -0.1) is 0 Å². The third kappa shape index (κ3) is 2.69. The van der Waals surface area contributed by atoms with Gasteiger partial charge in [-0.2, -0.15) is 4.39 Å². The van der Waals surface area contributed by atoms with Crippen LogP contribution in [0.15, 0.2) is 36.8 Å². The molecular formula is C12H12FN3O. The van der Waals surface area contributed by atoms with Gasteiger partial charge >= 0.3 is 0 Å². The molecule has 0 aliphatic heterocycles. The van der Waals surface area contributed by atoms with E-state index in [4.69, 9.17) is 0 Å². The molecule has 0 radical (unpaired) electrons. The van der Waals surface area contributed by atoms with Crippen molar-refractivity contribution in [3.8, 4) is 0 Å². The smallest absolute Gasteiger partial charge is 0.256 e. The van der Waals surface area contributed by atoms with Crippen molar-refractivity contribution in [2.24, 2.45) is 7.05 Å². The van der Waals surface area contributed by atoms with Gasteiger partial charge in [0.25, 0.3) is 5.91 Å². The Bertz CT molecular complexity index is 536. The molecule has 1 amide bonds. The van der Waals surface area contributed by atoms with Crippen LogP contribution in [-0.2, 0) is 13.6 Å². The number of hydrogen-bond donors (Lipinski definition) is 1. The molecule has 0 fully saturated rings. The highest BCUT2D eigenvalue weighted by Gasteiger charge is 2.11. The van der Waals surface area contributed by atoms with Crippen LogP contribution in [0, 0.1) is 5.95 Å². The van der Waals surface area contributed by atoms with Gasteiger partial charge in [-0.1, -0.05) is 0 Å². The minimum atomic E-state index is -0.752. The number of carbonyl (C=O) groups is 1. The lowest BCUT2D eigenvalue weighted by Gasteiger charge is -2.03. The fraction of sp³-hybridized carbons (Fsp3) is 0.167. The number of aryl methyl sites for hydroxylation is 1. The van der Waals surface area contributed by atoms with Gasteiger partial charge in [0, 0.05) is 32.2 Å². The molecule has 1 N–H and O–H groups in total. The molecule has 2 rings (SSSR count). The summed E-state index contributed by atoms with van der Waals surface area (Å²) in [5, 5.41) is 2.64. The Hall–Kier alpha value is -2.17. The first-order valence-corrected chi connectivity index (χ1v) is 5.16. The number of pyridine rings is 1. The molecule has 2 heterocycles. The zero-order chi connectivity index (χ0) is 12.3. The Morgan fingerprint density at radius 3 is 3.00 bits per heavy atom. The van der Waals surface area contributed by atoms with Crippen molar-refractivity contribution in [1.29, 1.82) is 0 Å². The van der Waals surface area contributed by atoms with E-state index in [9.17, 15) is 9.18 Å². The molecule has 17 heavy (non-hydrogen) atoms. The molecule has 2 aromatic rings. The largest absolute Gasteiger partial charge is 0.357 e. The van der Waals surface area contributed by atoms with Gasteiger partial charge in [0.05, 0.1) is 5.56 Å². The summed E-state index contributed by atoms with van der Waals surface area (Å²) in [5.41, 5.74) is 0.925. The second-order valence-corrected chi connectivity index (χ2v) is 3.71. The average molecular weight is 233 g/mol. The Morgan fingerprint density at radius 1 is 1.53 bits per heavy atom. The van der Waals surface area contributed by atoms with Crippen LogP contribution in [0.4, 0.5) is 4.39 Å². The summed E-state index contributed by atoms with van der Waals surface area (Å²) >= 11 is 0. The van der Waals surface area contributed by atoms with E-state index in [1.54, 1.807) is 0 Å². The topological polar surface area (TPSA) is 46.9 Å². The van der Waals surface area contributed by atoms with Crippen molar-refractivity contribution in [1.82, 2.24) is 14.9 Å². The Labute approximate surface area is 98.1 Å². The third-order valence-electron chi connectivity index (χ3n) is 2.35. The maximum absolute atomic E-state index is 13.2. The number of amides is 1. The molecule has 0 saturated carbocycles. The lowest BCUT2D eigenvalue weighted by atomic mass is 10.2. The lowest BCUT2D eigenvalue weighted by Crippen LogP contribution is -2.23. The summed E-state index contributed by atoms with van der Waals surface area (Å²) in [7, 11) is 1.89. The molecular weight excluding hydrogens is 221 g/mol. The number of carbonyl (C=O) groups excluding carboxylic acids is 1. The van der Waals surface area contributed by atoms with Crippen molar-refractivity contribution >= 4 is 5.91 Å². The molecule has 0 unspecified atom stereocenters. The van der Waals surface area contributed by atoms with Gasteiger partial charge in [-0.3, -0.25) is 4.79 Å². The molecule has 0 aromatic carbocycles. The zero-order valence-corrected chi connectivity index (χ0v) is 9.35. The van der Waals surface area contributed by atoms with Crippen LogP contribution in [0.25, 0.3) is 0 Å². The van der Waals surface area contributed by atoms with Crippen LogP contribution in [0.2, 0.25) is 0 Å². The van der Waals surface area contributed by atoms with Crippen molar-refractivity contribution < 1.29 is 9.18 Å². The van der Waals surface area contributed by atoms with Gasteiger partial charge in [0.2, 0.25) is 5.95 Å². The molecule has 4 nitrogen and oxygen atoms in total. The minimum absolute atomic E-state index is 0.0385. The number of nitrogens with zero attached hydrogens (tertiary/aromatic N) is 2. The van der Waals surface area contributed by atoms with Gasteiger partial charge < -0.3 is 9.88 Å². The Balaban J connectivity index is 2.01. The molecule has 0 saturated heterocycles. The van der Waals surface area contributed by atoms with Crippen molar-refractivity contribution in [2.75, 3.05) is 0 Å². The predicted octanol–water partition coefficient (Wildman–Crippen LogP) is 1.49. The average Bonchev–Trinajstić information content (AvgIpc) is 2.73. The first kappa shape index (κ1) is 11.3. The van der Waals surface area contributed by atoms with Crippen molar-refractivity contribution in [2.45, 2.75) is 6.54 Å². The van der Waals surface area contributed by atoms with E-state index in [2.05, 4.69) is 10.3 Å². The SMILES string of the molecule is Cn1ccc(CNC(=O)c2cccnc2F)c1. The second-order valence-electron chi connectivity index (χ2n) is 3.71. The van der Waals surface area contributed by atoms with Gasteiger partial charge in [-0.25, -0.2) is 4.98 Å². The fourth-order valence-electron chi connectivity index (χ4n) is 1.50. The maximum atomic E-state index is 13.2. The molecule has 5 heteroatoms. The van der Waals surface area contributed by atoms with Gasteiger partial charge in [0.15, 0.2) is 0 Å². The van der Waals surface area contributed by atoms with E-state index in [-0.39, 0.29) is 5.56 Å². The van der Waals surface area contributed by atoms with Crippen LogP contribution in [0.3, 0.4) is 0 Å². The summed E-state index contributed by atoms with van der Waals surface area (Å²) in [5.74, 6) is -1.21. The summed E-state index contributed by atoms with van der Waals surface area (Å²) in [4.78, 5) is 15.1. The van der Waals surface area contributed by atoms with Crippen LogP contribution >= 0.6 is 0 Å². The van der Waals surface area contributed by atoms with E-state index in [1.807, 2.05) is 30.1 Å². The zero-order valence-electron chi connectivity index (χ0n) is 9.35. The van der Waals surface area contributed by atoms with Crippen LogP contribution in [-0.4, -0.2) is 15.5 Å². The standard InChI is InChI=1S/C12H12FN3O/c1-16-6-4-9(8-16)7-15-12(17)10-3-2-5-14-11(10)13/h2-6,8H,7H2,1H3,(H,15,17). The van der Waals surface area contributed by atoms with E-state index >= 15 is 0 Å². The Morgan fingerprint density at radius 2 is 2.35 bits per heavy atom. The highest BCUT2D eigenvalue weighted by atomic mass is 19.1. The summed E-state index contributed by atoms with van der Waals surface area (Å²) in [6.45, 7) is 0.369. The van der Waals surface area contributed by atoms with E-state index in [1.165, 1.54) is 18.3 Å². The van der Waals surface area contributed by atoms with E-state index in [0.29, 0.717) is 6.54 Å². The maximum Gasteiger partial charge on any atom is 0.256 e. The van der Waals surface area contributed by atoms with Crippen LogP contribution in [0.1, 0.15) is 15.9 Å². The molecule has 0 bridgehead atoms. The summed E-state index contributed by atoms with van der Waals surface area (Å²) < 4.78 is 15.1. The number of halogens is 1. The van der Waals surface area contributed by atoms with Gasteiger partial charge in [0.1, 0.15) is 0 Å². The number of rotatable bonds is 3. The molecule has 0 aliphatic rings. The minimum Gasteiger partial charge on any atom is -0.357 e. The summed E-state index contributed by atoms with van der Waals surface area (Å²) in [6, 6.07) is 4.82. The monoisotopic (exact) mass is 233 g/mol. The first-order valence-electron chi connectivity index (χ1n) is 5.16. The second kappa shape index (κ2) is 4.78. The number of hydrogen-bond acceptors (Lipinski definition) is 2. The molecule has 2 aromatic heterocycles. The van der Waals surface area contributed by atoms with Gasteiger partial charge in [-0.05, 0) is 23.8 Å². The van der Waals surface area contributed by atoms with E-state index < -0.39 is 11.9 Å². The van der Waals surface area contributed by atoms with Crippen LogP contribution < -0.4 is 5.32 Å². The summed E-state index contributed by atoms with van der Waals surface area (Å²) in [6.07, 6.45) is 5.08. The number of aromatic nitrogens is 2. The normalized spacial score (nSPS) is 10.2. The molecule has 0 spiro atoms. The van der Waals surface area contributed by atoms with Crippen molar-refractivity contribution in [3.63, 3.8) is 0 Å². The third-order valence-corrected chi connectivity index (χ3v) is 2.35. The van der Waals surface area contributed by atoms with Crippen molar-refractivity contribution in [3.05, 3.63) is 53.9 Å². The predicted molar refractivity (Wildman–Crippen MR) is 60.8 cm³/mol. The molecule has 0 atom stereocenters. The quantitative estimate of drug-likeness (QED) is 0.816. The first-order chi connectivity index (χ1) is 8.16. The van der Waals surface area contributed by atoms with E-state index in [0.717, 1.165) is 5.56 Å². The highest BCUT2D eigenvalue weighted by molar-refractivity contribution is 5.94. The molecule has 88 valence electrons. The Kier molecular flexibility index (Phi) is 3.18. The number of nitrogens with one attached hydrogen (secondary N) is 1. The van der Waals surface area contributed by atoms with Crippen LogP contribution in [0.5, 0.6) is 0 Å².